The number of hydrogen-bond acceptors (Lipinski definition) is 1. The fraction of sp³-hybridized carbons (Fsp3) is 0.0500. The molecule has 3 aromatic carbocycles. The molecule has 0 aliphatic heterocycles. The molecular formula is C20H18NOP. The van der Waals surface area contributed by atoms with Crippen LogP contribution in [0.3, 0.4) is 0 Å². The van der Waals surface area contributed by atoms with Gasteiger partial charge in [-0.3, -0.25) is 4.57 Å². The van der Waals surface area contributed by atoms with E-state index < -0.39 is 7.29 Å². The Bertz CT molecular complexity index is 799. The lowest BCUT2D eigenvalue weighted by Crippen LogP contribution is -2.15. The summed E-state index contributed by atoms with van der Waals surface area (Å²) in [4.78, 5) is 0. The lowest BCUT2D eigenvalue weighted by molar-refractivity contribution is 0.588. The van der Waals surface area contributed by atoms with Crippen molar-refractivity contribution in [2.24, 2.45) is 4.76 Å². The van der Waals surface area contributed by atoms with Crippen LogP contribution < -0.4 is 10.6 Å². The summed E-state index contributed by atoms with van der Waals surface area (Å²) in [5.41, 5.74) is 1.77. The van der Waals surface area contributed by atoms with Gasteiger partial charge in [-0.1, -0.05) is 66.7 Å². The zero-order chi connectivity index (χ0) is 16.1. The maximum absolute atomic E-state index is 13.8. The predicted molar refractivity (Wildman–Crippen MR) is 98.4 cm³/mol. The third-order valence-electron chi connectivity index (χ3n) is 3.69. The van der Waals surface area contributed by atoms with E-state index in [-0.39, 0.29) is 0 Å². The summed E-state index contributed by atoms with van der Waals surface area (Å²) in [6.45, 7) is 1.91. The molecule has 0 aromatic heterocycles. The predicted octanol–water partition coefficient (Wildman–Crippen LogP) is 4.42. The van der Waals surface area contributed by atoms with Crippen molar-refractivity contribution in [1.82, 2.24) is 0 Å². The molecule has 23 heavy (non-hydrogen) atoms. The molecule has 3 rings (SSSR count). The Hall–Kier alpha value is -2.44. The van der Waals surface area contributed by atoms with Crippen LogP contribution in [-0.4, -0.2) is 5.71 Å². The SMILES string of the molecule is CC(=NP(=O)(c1ccccc1)c1ccccc1)c1ccccc1. The zero-order valence-electron chi connectivity index (χ0n) is 13.0. The molecule has 0 saturated carbocycles. The number of hydrogen-bond donors (Lipinski definition) is 0. The first kappa shape index (κ1) is 15.5. The smallest absolute Gasteiger partial charge is 0.247 e. The minimum atomic E-state index is -3.06. The van der Waals surface area contributed by atoms with Crippen LogP contribution in [0.1, 0.15) is 12.5 Å². The summed E-state index contributed by atoms with van der Waals surface area (Å²) in [6, 6.07) is 28.8. The van der Waals surface area contributed by atoms with Crippen LogP contribution in [-0.2, 0) is 4.57 Å². The Morgan fingerprint density at radius 3 is 1.52 bits per heavy atom. The zero-order valence-corrected chi connectivity index (χ0v) is 13.9. The van der Waals surface area contributed by atoms with Gasteiger partial charge in [-0.25, -0.2) is 4.76 Å². The van der Waals surface area contributed by atoms with Gasteiger partial charge >= 0.3 is 0 Å². The van der Waals surface area contributed by atoms with Gasteiger partial charge in [0.2, 0.25) is 7.29 Å². The monoisotopic (exact) mass is 319 g/mol. The van der Waals surface area contributed by atoms with Crippen LogP contribution in [0.15, 0.2) is 95.8 Å². The minimum Gasteiger partial charge on any atom is -0.288 e. The van der Waals surface area contributed by atoms with Crippen molar-refractivity contribution in [1.29, 1.82) is 0 Å². The molecule has 0 fully saturated rings. The standard InChI is InChI=1S/C20H18NOP/c1-17(18-11-5-2-6-12-18)21-23(22,19-13-7-3-8-14-19)20-15-9-4-10-16-20/h2-16H,1H3. The summed E-state index contributed by atoms with van der Waals surface area (Å²) in [6.07, 6.45) is 0. The maximum Gasteiger partial charge on any atom is 0.247 e. The average molecular weight is 319 g/mol. The van der Waals surface area contributed by atoms with Gasteiger partial charge in [-0.15, -0.1) is 0 Å². The molecule has 0 atom stereocenters. The summed E-state index contributed by atoms with van der Waals surface area (Å²) in [5, 5.41) is 1.50. The molecule has 0 aliphatic carbocycles. The fourth-order valence-electron chi connectivity index (χ4n) is 2.47. The number of rotatable bonds is 4. The van der Waals surface area contributed by atoms with Gasteiger partial charge in [0, 0.05) is 16.3 Å². The van der Waals surface area contributed by atoms with Gasteiger partial charge in [0.05, 0.1) is 0 Å². The average Bonchev–Trinajstić information content (AvgIpc) is 2.64. The number of nitrogens with zero attached hydrogens (tertiary/aromatic N) is 1. The van der Waals surface area contributed by atoms with Gasteiger partial charge in [0.25, 0.3) is 0 Å². The van der Waals surface area contributed by atoms with Crippen LogP contribution in [0, 0.1) is 0 Å². The molecule has 0 heterocycles. The second-order valence-corrected chi connectivity index (χ2v) is 7.68. The van der Waals surface area contributed by atoms with Crippen molar-refractivity contribution in [3.8, 4) is 0 Å². The van der Waals surface area contributed by atoms with Crippen molar-refractivity contribution in [3.63, 3.8) is 0 Å². The molecule has 0 bridgehead atoms. The summed E-state index contributed by atoms with van der Waals surface area (Å²) < 4.78 is 18.5. The van der Waals surface area contributed by atoms with E-state index in [2.05, 4.69) is 0 Å². The van der Waals surface area contributed by atoms with Gasteiger partial charge in [-0.05, 0) is 36.8 Å². The molecule has 0 spiro atoms. The van der Waals surface area contributed by atoms with Gasteiger partial charge in [-0.2, -0.15) is 0 Å². The molecule has 114 valence electrons. The van der Waals surface area contributed by atoms with E-state index in [0.717, 1.165) is 21.9 Å². The lowest BCUT2D eigenvalue weighted by atomic mass is 10.1. The first-order valence-corrected chi connectivity index (χ1v) is 9.20. The highest BCUT2D eigenvalue weighted by Crippen LogP contribution is 2.45. The number of benzene rings is 3. The van der Waals surface area contributed by atoms with Crippen LogP contribution in [0.5, 0.6) is 0 Å². The van der Waals surface area contributed by atoms with Crippen molar-refractivity contribution >= 4 is 23.6 Å². The van der Waals surface area contributed by atoms with Gasteiger partial charge < -0.3 is 0 Å². The summed E-state index contributed by atoms with van der Waals surface area (Å²) >= 11 is 0. The van der Waals surface area contributed by atoms with Crippen LogP contribution in [0.25, 0.3) is 0 Å². The van der Waals surface area contributed by atoms with E-state index in [4.69, 9.17) is 4.76 Å². The van der Waals surface area contributed by atoms with E-state index in [1.165, 1.54) is 0 Å². The van der Waals surface area contributed by atoms with Crippen molar-refractivity contribution in [3.05, 3.63) is 96.6 Å². The molecule has 0 radical (unpaired) electrons. The largest absolute Gasteiger partial charge is 0.288 e. The van der Waals surface area contributed by atoms with Crippen molar-refractivity contribution in [2.45, 2.75) is 6.92 Å². The highest BCUT2D eigenvalue weighted by Gasteiger charge is 2.26. The molecule has 0 aliphatic rings. The van der Waals surface area contributed by atoms with Crippen molar-refractivity contribution in [2.75, 3.05) is 0 Å². The normalized spacial score (nSPS) is 12.1. The highest BCUT2D eigenvalue weighted by molar-refractivity contribution is 7.77. The van der Waals surface area contributed by atoms with E-state index in [1.807, 2.05) is 97.9 Å². The Morgan fingerprint density at radius 1 is 0.696 bits per heavy atom. The Labute approximate surface area is 137 Å². The van der Waals surface area contributed by atoms with Crippen LogP contribution in [0.4, 0.5) is 0 Å². The Morgan fingerprint density at radius 2 is 1.09 bits per heavy atom. The molecular weight excluding hydrogens is 301 g/mol. The third kappa shape index (κ3) is 3.33. The quantitative estimate of drug-likeness (QED) is 0.517. The van der Waals surface area contributed by atoms with E-state index in [1.54, 1.807) is 0 Å². The molecule has 3 aromatic rings. The van der Waals surface area contributed by atoms with E-state index in [9.17, 15) is 4.57 Å². The van der Waals surface area contributed by atoms with Crippen LogP contribution in [0.2, 0.25) is 0 Å². The maximum atomic E-state index is 13.8. The molecule has 3 heteroatoms. The summed E-state index contributed by atoms with van der Waals surface area (Å²) in [7, 11) is -3.06. The fourth-order valence-corrected chi connectivity index (χ4v) is 4.69. The van der Waals surface area contributed by atoms with Gasteiger partial charge in [0.15, 0.2) is 0 Å². The minimum absolute atomic E-state index is 0.751. The molecule has 0 unspecified atom stereocenters. The Balaban J connectivity index is 2.16. The summed E-state index contributed by atoms with van der Waals surface area (Å²) in [5.74, 6) is 0. The van der Waals surface area contributed by atoms with E-state index in [0.29, 0.717) is 0 Å². The highest BCUT2D eigenvalue weighted by atomic mass is 31.2. The molecule has 0 N–H and O–H groups in total. The first-order valence-electron chi connectivity index (χ1n) is 7.54. The molecule has 2 nitrogen and oxygen atoms in total. The Kier molecular flexibility index (Phi) is 4.55. The van der Waals surface area contributed by atoms with Crippen LogP contribution >= 0.6 is 7.29 Å². The molecule has 0 saturated heterocycles. The molecule has 0 amide bonds. The second kappa shape index (κ2) is 6.76. The second-order valence-electron chi connectivity index (χ2n) is 5.30. The van der Waals surface area contributed by atoms with Gasteiger partial charge in [0.1, 0.15) is 0 Å². The van der Waals surface area contributed by atoms with Crippen molar-refractivity contribution < 1.29 is 4.57 Å². The topological polar surface area (TPSA) is 29.4 Å². The first-order chi connectivity index (χ1) is 11.2. The lowest BCUT2D eigenvalue weighted by Gasteiger charge is -2.16. The third-order valence-corrected chi connectivity index (χ3v) is 6.27. The van der Waals surface area contributed by atoms with E-state index >= 15 is 0 Å².